The van der Waals surface area contributed by atoms with E-state index in [9.17, 15) is 47.9 Å². The molecule has 0 fully saturated rings. The van der Waals surface area contributed by atoms with Gasteiger partial charge in [-0.25, -0.2) is 4.98 Å². The van der Waals surface area contributed by atoms with Crippen LogP contribution in [0.25, 0.3) is 0 Å². The molecule has 30 heavy (non-hydrogen) atoms. The summed E-state index contributed by atoms with van der Waals surface area (Å²) in [4.78, 5) is 4.03. The van der Waals surface area contributed by atoms with Crippen LogP contribution in [0.15, 0.2) is 24.4 Å². The lowest BCUT2D eigenvalue weighted by molar-refractivity contribution is -0.156. The highest BCUT2D eigenvalue weighted by Gasteiger charge is 2.49. The third-order valence-corrected chi connectivity index (χ3v) is 3.80. The lowest BCUT2D eigenvalue weighted by Crippen LogP contribution is -2.49. The van der Waals surface area contributed by atoms with Crippen molar-refractivity contribution in [1.82, 2.24) is 10.3 Å². The molecule has 0 aliphatic carbocycles. The van der Waals surface area contributed by atoms with Gasteiger partial charge in [-0.05, 0) is 26.0 Å². The third-order valence-electron chi connectivity index (χ3n) is 2.80. The van der Waals surface area contributed by atoms with Crippen molar-refractivity contribution in [2.75, 3.05) is 25.0 Å². The van der Waals surface area contributed by atoms with Crippen LogP contribution in [0, 0.1) is 0 Å². The van der Waals surface area contributed by atoms with Crippen LogP contribution >= 0.6 is 0 Å². The molecule has 1 aromatic rings. The maximum absolute atomic E-state index is 12.1. The van der Waals surface area contributed by atoms with E-state index in [0.717, 1.165) is 0 Å². The van der Waals surface area contributed by atoms with Crippen molar-refractivity contribution in [1.29, 1.82) is 0 Å². The molecule has 6 nitrogen and oxygen atoms in total. The summed E-state index contributed by atoms with van der Waals surface area (Å²) in [5.41, 5.74) is -6.49. The summed E-state index contributed by atoms with van der Waals surface area (Å²) in [5.74, 6) is 0.648. The molecule has 0 aliphatic heterocycles. The van der Waals surface area contributed by atoms with Crippen molar-refractivity contribution in [3.63, 3.8) is 0 Å². The Morgan fingerprint density at radius 3 is 1.90 bits per heavy atom. The maximum Gasteiger partial charge on any atom is 0.523 e. The number of rotatable bonds is 7. The van der Waals surface area contributed by atoms with Gasteiger partial charge in [-0.3, -0.25) is 4.18 Å². The van der Waals surface area contributed by atoms with Crippen molar-refractivity contribution in [3.05, 3.63) is 24.4 Å². The Bertz CT molecular complexity index is 733. The van der Waals surface area contributed by atoms with E-state index in [1.807, 2.05) is 6.07 Å². The van der Waals surface area contributed by atoms with Crippen LogP contribution in [0.1, 0.15) is 13.8 Å². The van der Waals surface area contributed by atoms with Crippen LogP contribution < -0.4 is 10.6 Å². The number of pyridine rings is 1. The minimum Gasteiger partial charge on any atom is -0.368 e. The second-order valence-corrected chi connectivity index (χ2v) is 7.81. The number of anilines is 1. The van der Waals surface area contributed by atoms with E-state index in [-0.39, 0.29) is 0 Å². The van der Waals surface area contributed by atoms with E-state index in [0.29, 0.717) is 12.4 Å². The SMILES string of the molecule is CC(C)(CNc1ccccn1)NCC(F)(F)F.O=S(=O)(OCC(F)(F)F)C(F)(F)F. The minimum atomic E-state index is -6.15. The molecule has 0 unspecified atom stereocenters. The smallest absolute Gasteiger partial charge is 0.368 e. The van der Waals surface area contributed by atoms with Gasteiger partial charge in [0.2, 0.25) is 0 Å². The van der Waals surface area contributed by atoms with Gasteiger partial charge >= 0.3 is 28.0 Å². The van der Waals surface area contributed by atoms with Crippen LogP contribution in [0.3, 0.4) is 0 Å². The average Bonchev–Trinajstić information content (AvgIpc) is 2.56. The molecule has 0 aliphatic rings. The number of alkyl halides is 9. The number of aromatic nitrogens is 1. The van der Waals surface area contributed by atoms with E-state index in [1.54, 1.807) is 32.2 Å². The largest absolute Gasteiger partial charge is 0.523 e. The molecule has 1 heterocycles. The third kappa shape index (κ3) is 13.4. The van der Waals surface area contributed by atoms with Crippen LogP contribution in [-0.2, 0) is 14.3 Å². The van der Waals surface area contributed by atoms with E-state index in [1.165, 1.54) is 0 Å². The summed E-state index contributed by atoms with van der Waals surface area (Å²) in [5, 5.41) is 5.43. The minimum absolute atomic E-state index is 0.361. The molecule has 0 atom stereocenters. The van der Waals surface area contributed by atoms with E-state index >= 15 is 0 Å². The van der Waals surface area contributed by atoms with Crippen molar-refractivity contribution in [3.8, 4) is 0 Å². The number of nitrogens with zero attached hydrogens (tertiary/aromatic N) is 1. The quantitative estimate of drug-likeness (QED) is 0.352. The lowest BCUT2D eigenvalue weighted by atomic mass is 10.1. The Labute approximate surface area is 165 Å². The predicted molar refractivity (Wildman–Crippen MR) is 87.8 cm³/mol. The fourth-order valence-corrected chi connectivity index (χ4v) is 1.81. The van der Waals surface area contributed by atoms with Crippen molar-refractivity contribution < 1.29 is 52.1 Å². The summed E-state index contributed by atoms with van der Waals surface area (Å²) >= 11 is 0. The van der Waals surface area contributed by atoms with Crippen molar-refractivity contribution in [2.24, 2.45) is 0 Å². The highest BCUT2D eigenvalue weighted by atomic mass is 32.2. The van der Waals surface area contributed by atoms with Gasteiger partial charge in [0, 0.05) is 18.3 Å². The fraction of sp³-hybridized carbons (Fsp3) is 0.643. The van der Waals surface area contributed by atoms with Gasteiger partial charge in [-0.15, -0.1) is 0 Å². The molecule has 16 heteroatoms. The molecule has 0 bridgehead atoms. The Hall–Kier alpha value is -1.81. The first-order valence-corrected chi connectivity index (χ1v) is 9.14. The van der Waals surface area contributed by atoms with Gasteiger partial charge in [0.15, 0.2) is 6.61 Å². The molecule has 0 aromatic carbocycles. The Kier molecular flexibility index (Phi) is 9.85. The first-order valence-electron chi connectivity index (χ1n) is 7.73. The Morgan fingerprint density at radius 2 is 1.50 bits per heavy atom. The lowest BCUT2D eigenvalue weighted by Gasteiger charge is -2.27. The summed E-state index contributed by atoms with van der Waals surface area (Å²) in [7, 11) is -6.15. The average molecular weight is 479 g/mol. The molecule has 0 spiro atoms. The van der Waals surface area contributed by atoms with Gasteiger partial charge in [0.05, 0.1) is 6.54 Å². The second kappa shape index (κ2) is 10.5. The van der Waals surface area contributed by atoms with Crippen LogP contribution in [0.2, 0.25) is 0 Å². The standard InChI is InChI=1S/C11H16F3N3.C3H2F6O3S/c1-10(2,17-8-11(12,13)14)7-16-9-5-3-4-6-15-9;4-2(5,6)1-12-13(10,11)3(7,8)9/h3-6,17H,7-8H2,1-2H3,(H,15,16);1H2. The van der Waals surface area contributed by atoms with Gasteiger partial charge in [0.1, 0.15) is 5.82 Å². The van der Waals surface area contributed by atoms with Crippen molar-refractivity contribution >= 4 is 15.9 Å². The zero-order valence-electron chi connectivity index (χ0n) is 15.4. The molecule has 0 saturated heterocycles. The first kappa shape index (κ1) is 28.2. The molecule has 2 N–H and O–H groups in total. The van der Waals surface area contributed by atoms with Gasteiger partial charge in [0.25, 0.3) is 0 Å². The summed E-state index contributed by atoms with van der Waals surface area (Å²) < 4.78 is 126. The zero-order chi connectivity index (χ0) is 23.9. The number of nitrogens with one attached hydrogen (secondary N) is 2. The summed E-state index contributed by atoms with van der Waals surface area (Å²) in [6, 6.07) is 5.35. The monoisotopic (exact) mass is 479 g/mol. The Balaban J connectivity index is 0.000000584. The van der Waals surface area contributed by atoms with E-state index in [4.69, 9.17) is 0 Å². The van der Waals surface area contributed by atoms with Crippen molar-refractivity contribution in [2.45, 2.75) is 37.2 Å². The normalized spacial score (nSPS) is 13.4. The summed E-state index contributed by atoms with van der Waals surface area (Å²) in [6.07, 6.45) is -7.70. The highest BCUT2D eigenvalue weighted by molar-refractivity contribution is 7.87. The van der Waals surface area contributed by atoms with E-state index in [2.05, 4.69) is 19.8 Å². The van der Waals surface area contributed by atoms with Gasteiger partial charge in [-0.1, -0.05) is 6.07 Å². The van der Waals surface area contributed by atoms with Crippen LogP contribution in [-0.4, -0.2) is 56.5 Å². The molecular weight excluding hydrogens is 461 g/mol. The highest BCUT2D eigenvalue weighted by Crippen LogP contribution is 2.26. The number of hydrogen-bond donors (Lipinski definition) is 2. The summed E-state index contributed by atoms with van der Waals surface area (Å²) in [6.45, 7) is 0.280. The zero-order valence-corrected chi connectivity index (χ0v) is 16.2. The van der Waals surface area contributed by atoms with Crippen LogP contribution in [0.5, 0.6) is 0 Å². The maximum atomic E-state index is 12.1. The molecule has 0 radical (unpaired) electrons. The number of halogens is 9. The molecule has 0 amide bonds. The fourth-order valence-electron chi connectivity index (χ4n) is 1.39. The van der Waals surface area contributed by atoms with E-state index < -0.39 is 46.7 Å². The molecular formula is C14H18F9N3O3S. The Morgan fingerprint density at radius 1 is 0.933 bits per heavy atom. The molecule has 1 aromatic heterocycles. The number of hydrogen-bond acceptors (Lipinski definition) is 6. The first-order chi connectivity index (χ1) is 13.2. The molecule has 1 rings (SSSR count). The van der Waals surface area contributed by atoms with Crippen LogP contribution in [0.4, 0.5) is 45.3 Å². The second-order valence-electron chi connectivity index (χ2n) is 6.20. The van der Waals surface area contributed by atoms with Gasteiger partial charge < -0.3 is 10.6 Å². The molecule has 176 valence electrons. The topological polar surface area (TPSA) is 80.3 Å². The van der Waals surface area contributed by atoms with Gasteiger partial charge in [-0.2, -0.15) is 47.9 Å². The predicted octanol–water partition coefficient (Wildman–Crippen LogP) is 3.84. The molecule has 0 saturated carbocycles.